The molecule has 1 saturated heterocycles. The first-order chi connectivity index (χ1) is 10.5. The van der Waals surface area contributed by atoms with Crippen molar-refractivity contribution in [3.8, 4) is 0 Å². The monoisotopic (exact) mass is 336 g/mol. The van der Waals surface area contributed by atoms with Gasteiger partial charge in [0.15, 0.2) is 0 Å². The topological polar surface area (TPSA) is 66.5 Å². The number of amides is 1. The van der Waals surface area contributed by atoms with Crippen LogP contribution >= 0.6 is 11.3 Å². The van der Waals surface area contributed by atoms with E-state index in [1.54, 1.807) is 23.6 Å². The van der Waals surface area contributed by atoms with Crippen molar-refractivity contribution in [3.63, 3.8) is 0 Å². The van der Waals surface area contributed by atoms with E-state index in [1.165, 1.54) is 4.31 Å². The normalized spacial score (nSPS) is 19.9. The Hall–Kier alpha value is -1.70. The molecule has 1 aliphatic rings. The zero-order valence-electron chi connectivity index (χ0n) is 12.0. The summed E-state index contributed by atoms with van der Waals surface area (Å²) in [5.41, 5.74) is 1.68. The van der Waals surface area contributed by atoms with Crippen LogP contribution in [0, 0.1) is 6.92 Å². The third-order valence-electron chi connectivity index (χ3n) is 3.58. The zero-order chi connectivity index (χ0) is 15.7. The average molecular weight is 336 g/mol. The molecule has 2 heterocycles. The minimum atomic E-state index is -3.67. The lowest BCUT2D eigenvalue weighted by molar-refractivity contribution is -0.126. The number of piperazine rings is 1. The van der Waals surface area contributed by atoms with Crippen molar-refractivity contribution in [3.05, 3.63) is 52.9 Å². The van der Waals surface area contributed by atoms with Crippen molar-refractivity contribution >= 4 is 27.3 Å². The molecule has 2 aromatic rings. The van der Waals surface area contributed by atoms with Gasteiger partial charge in [0.05, 0.1) is 0 Å². The first kappa shape index (κ1) is 15.2. The van der Waals surface area contributed by atoms with Crippen molar-refractivity contribution in [2.24, 2.45) is 0 Å². The Morgan fingerprint density at radius 1 is 1.27 bits per heavy atom. The van der Waals surface area contributed by atoms with Crippen LogP contribution in [0.15, 0.2) is 46.0 Å². The largest absolute Gasteiger partial charge is 0.353 e. The van der Waals surface area contributed by atoms with Crippen LogP contribution < -0.4 is 5.32 Å². The highest BCUT2D eigenvalue weighted by molar-refractivity contribution is 7.91. The van der Waals surface area contributed by atoms with Crippen LogP contribution in [0.25, 0.3) is 0 Å². The van der Waals surface area contributed by atoms with E-state index in [0.717, 1.165) is 16.9 Å². The highest BCUT2D eigenvalue weighted by atomic mass is 32.2. The summed E-state index contributed by atoms with van der Waals surface area (Å²) in [5, 5.41) is 4.48. The van der Waals surface area contributed by atoms with E-state index in [0.29, 0.717) is 12.1 Å². The second-order valence-corrected chi connectivity index (χ2v) is 8.22. The summed E-state index contributed by atoms with van der Waals surface area (Å²) in [5.74, 6) is -0.281. The summed E-state index contributed by atoms with van der Waals surface area (Å²) in [4.78, 5) is 12.3. The molecule has 0 saturated carbocycles. The standard InChI is InChI=1S/C15H16N2O3S2/c1-11-4-2-5-12(10-11)14-15(18)16-7-8-17(14)22(19,20)13-6-3-9-21-13/h2-6,9-10,14H,7-8H2,1H3,(H,16,18). The molecule has 0 spiro atoms. The third-order valence-corrected chi connectivity index (χ3v) is 6.82. The number of thiophene rings is 1. The van der Waals surface area contributed by atoms with Crippen LogP contribution in [0.2, 0.25) is 0 Å². The predicted octanol–water partition coefficient (Wildman–Crippen LogP) is 1.92. The van der Waals surface area contributed by atoms with Gasteiger partial charge < -0.3 is 5.32 Å². The first-order valence-electron chi connectivity index (χ1n) is 6.90. The molecule has 22 heavy (non-hydrogen) atoms. The van der Waals surface area contributed by atoms with Crippen LogP contribution in [0.5, 0.6) is 0 Å². The van der Waals surface area contributed by atoms with Gasteiger partial charge >= 0.3 is 0 Å². The quantitative estimate of drug-likeness (QED) is 0.931. The molecule has 1 amide bonds. The number of aryl methyl sites for hydroxylation is 1. The van der Waals surface area contributed by atoms with Crippen molar-refractivity contribution < 1.29 is 13.2 Å². The van der Waals surface area contributed by atoms with Crippen LogP contribution in [0.3, 0.4) is 0 Å². The number of benzene rings is 1. The van der Waals surface area contributed by atoms with Gasteiger partial charge in [0, 0.05) is 13.1 Å². The summed E-state index contributed by atoms with van der Waals surface area (Å²) in [7, 11) is -3.67. The lowest BCUT2D eigenvalue weighted by Crippen LogP contribution is -2.51. The maximum absolute atomic E-state index is 12.8. The van der Waals surface area contributed by atoms with Gasteiger partial charge in [-0.15, -0.1) is 11.3 Å². The maximum Gasteiger partial charge on any atom is 0.253 e. The molecule has 1 unspecified atom stereocenters. The van der Waals surface area contributed by atoms with E-state index in [4.69, 9.17) is 0 Å². The number of nitrogens with one attached hydrogen (secondary N) is 1. The average Bonchev–Trinajstić information content (AvgIpc) is 3.02. The van der Waals surface area contributed by atoms with Crippen LogP contribution in [-0.4, -0.2) is 31.7 Å². The lowest BCUT2D eigenvalue weighted by atomic mass is 10.0. The minimum Gasteiger partial charge on any atom is -0.353 e. The summed E-state index contributed by atoms with van der Waals surface area (Å²) in [6.07, 6.45) is 0. The molecule has 1 aromatic heterocycles. The van der Waals surface area contributed by atoms with Gasteiger partial charge in [-0.2, -0.15) is 4.31 Å². The Morgan fingerprint density at radius 2 is 2.09 bits per heavy atom. The van der Waals surface area contributed by atoms with E-state index in [2.05, 4.69) is 5.32 Å². The Bertz CT molecular complexity index is 785. The van der Waals surface area contributed by atoms with E-state index in [9.17, 15) is 13.2 Å². The van der Waals surface area contributed by atoms with Gasteiger partial charge in [0.2, 0.25) is 5.91 Å². The smallest absolute Gasteiger partial charge is 0.253 e. The fraction of sp³-hybridized carbons (Fsp3) is 0.267. The fourth-order valence-corrected chi connectivity index (χ4v) is 5.29. The molecule has 5 nitrogen and oxygen atoms in total. The second kappa shape index (κ2) is 5.83. The number of hydrogen-bond donors (Lipinski definition) is 1. The summed E-state index contributed by atoms with van der Waals surface area (Å²) < 4.78 is 27.2. The highest BCUT2D eigenvalue weighted by Gasteiger charge is 2.39. The van der Waals surface area contributed by atoms with E-state index in [1.807, 2.05) is 25.1 Å². The molecule has 0 aliphatic carbocycles. The Balaban J connectivity index is 2.06. The molecule has 1 fully saturated rings. The first-order valence-corrected chi connectivity index (χ1v) is 9.22. The highest BCUT2D eigenvalue weighted by Crippen LogP contribution is 2.31. The second-order valence-electron chi connectivity index (χ2n) is 5.16. The van der Waals surface area contributed by atoms with Gasteiger partial charge in [-0.25, -0.2) is 8.42 Å². The van der Waals surface area contributed by atoms with Crippen LogP contribution in [0.1, 0.15) is 17.2 Å². The Morgan fingerprint density at radius 3 is 2.77 bits per heavy atom. The molecule has 7 heteroatoms. The number of rotatable bonds is 3. The zero-order valence-corrected chi connectivity index (χ0v) is 13.7. The van der Waals surface area contributed by atoms with Gasteiger partial charge in [0.1, 0.15) is 10.3 Å². The van der Waals surface area contributed by atoms with Crippen molar-refractivity contribution in [2.45, 2.75) is 17.2 Å². The van der Waals surface area contributed by atoms with E-state index >= 15 is 0 Å². The molecular formula is C15H16N2O3S2. The molecule has 116 valence electrons. The lowest BCUT2D eigenvalue weighted by Gasteiger charge is -2.34. The molecule has 3 rings (SSSR count). The minimum absolute atomic E-state index is 0.264. The molecule has 1 atom stereocenters. The summed E-state index contributed by atoms with van der Waals surface area (Å²) in [6.45, 7) is 2.51. The Kier molecular flexibility index (Phi) is 4.03. The number of carbonyl (C=O) groups excluding carboxylic acids is 1. The van der Waals surface area contributed by atoms with Crippen molar-refractivity contribution in [2.75, 3.05) is 13.1 Å². The maximum atomic E-state index is 12.8. The van der Waals surface area contributed by atoms with Gasteiger partial charge in [-0.3, -0.25) is 4.79 Å². The van der Waals surface area contributed by atoms with Crippen LogP contribution in [-0.2, 0) is 14.8 Å². The van der Waals surface area contributed by atoms with Crippen molar-refractivity contribution in [1.29, 1.82) is 0 Å². The fourth-order valence-electron chi connectivity index (χ4n) is 2.59. The van der Waals surface area contributed by atoms with E-state index < -0.39 is 16.1 Å². The number of nitrogens with zero attached hydrogens (tertiary/aromatic N) is 1. The SMILES string of the molecule is Cc1cccc(C2C(=O)NCCN2S(=O)(=O)c2cccs2)c1. The van der Waals surface area contributed by atoms with E-state index in [-0.39, 0.29) is 16.7 Å². The number of sulfonamides is 1. The summed E-state index contributed by atoms with van der Waals surface area (Å²) >= 11 is 1.16. The van der Waals surface area contributed by atoms with Crippen molar-refractivity contribution in [1.82, 2.24) is 9.62 Å². The molecule has 1 aliphatic heterocycles. The predicted molar refractivity (Wildman–Crippen MR) is 85.1 cm³/mol. The van der Waals surface area contributed by atoms with Crippen LogP contribution in [0.4, 0.5) is 0 Å². The molecule has 1 aromatic carbocycles. The molecule has 0 radical (unpaired) electrons. The molecule has 1 N–H and O–H groups in total. The van der Waals surface area contributed by atoms with Gasteiger partial charge in [0.25, 0.3) is 10.0 Å². The van der Waals surface area contributed by atoms with Gasteiger partial charge in [-0.1, -0.05) is 35.9 Å². The molecular weight excluding hydrogens is 320 g/mol. The van der Waals surface area contributed by atoms with Gasteiger partial charge in [-0.05, 0) is 23.9 Å². The Labute approximate surface area is 133 Å². The third kappa shape index (κ3) is 2.67. The number of hydrogen-bond acceptors (Lipinski definition) is 4. The summed E-state index contributed by atoms with van der Waals surface area (Å²) in [6, 6.07) is 9.85. The molecule has 0 bridgehead atoms. The number of carbonyl (C=O) groups is 1.